The van der Waals surface area contributed by atoms with Crippen molar-refractivity contribution in [1.29, 1.82) is 0 Å². The van der Waals surface area contributed by atoms with E-state index >= 15 is 0 Å². The summed E-state index contributed by atoms with van der Waals surface area (Å²) in [5.74, 6) is 2.47. The molecule has 8 rings (SSSR count). The predicted molar refractivity (Wildman–Crippen MR) is 174 cm³/mol. The van der Waals surface area contributed by atoms with Gasteiger partial charge in [-0.1, -0.05) is 34.6 Å². The number of nitrogens with zero attached hydrogens (tertiary/aromatic N) is 1. The highest BCUT2D eigenvalue weighted by Gasteiger charge is 2.84. The molecule has 0 aromatic carbocycles. The van der Waals surface area contributed by atoms with Crippen LogP contribution in [0.4, 0.5) is 0 Å². The van der Waals surface area contributed by atoms with Crippen molar-refractivity contribution in [3.05, 3.63) is 0 Å². The molecule has 1 amide bonds. The highest BCUT2D eigenvalue weighted by molar-refractivity contribution is 7.90. The summed E-state index contributed by atoms with van der Waals surface area (Å²) in [5, 5.41) is 12.3. The van der Waals surface area contributed by atoms with Gasteiger partial charge in [-0.05, 0) is 115 Å². The van der Waals surface area contributed by atoms with E-state index in [2.05, 4.69) is 34.6 Å². The van der Waals surface area contributed by atoms with Gasteiger partial charge in [0.1, 0.15) is 9.84 Å². The molecule has 2 spiro atoms. The summed E-state index contributed by atoms with van der Waals surface area (Å²) in [6, 6.07) is 0. The monoisotopic (exact) mass is 661 g/mol. The molecule has 0 bridgehead atoms. The molecule has 2 aliphatic heterocycles. The largest absolute Gasteiger partial charge is 0.390 e. The predicted octanol–water partition coefficient (Wildman–Crippen LogP) is 5.21. The fraction of sp³-hybridized carbons (Fsp3) is 0.973. The molecule has 260 valence electrons. The first kappa shape index (κ1) is 32.5. The van der Waals surface area contributed by atoms with Crippen LogP contribution in [-0.2, 0) is 28.8 Å². The highest BCUT2D eigenvalue weighted by atomic mass is 32.2. The Hall–Kier alpha value is -0.740. The van der Waals surface area contributed by atoms with E-state index in [1.807, 2.05) is 4.90 Å². The molecule has 6 aliphatic carbocycles. The number of aliphatic hydroxyl groups excluding tert-OH is 1. The van der Waals surface area contributed by atoms with Crippen LogP contribution in [0, 0.1) is 56.7 Å². The van der Waals surface area contributed by atoms with Crippen molar-refractivity contribution in [2.24, 2.45) is 56.7 Å². The summed E-state index contributed by atoms with van der Waals surface area (Å²) in [5.41, 5.74) is 0.256. The van der Waals surface area contributed by atoms with Crippen LogP contribution < -0.4 is 0 Å². The maximum atomic E-state index is 12.9. The van der Waals surface area contributed by atoms with E-state index in [0.29, 0.717) is 55.2 Å². The van der Waals surface area contributed by atoms with E-state index in [-0.39, 0.29) is 63.8 Å². The van der Waals surface area contributed by atoms with Gasteiger partial charge in [0.25, 0.3) is 0 Å². The van der Waals surface area contributed by atoms with Crippen molar-refractivity contribution in [2.75, 3.05) is 31.7 Å². The summed E-state index contributed by atoms with van der Waals surface area (Å²) in [4.78, 5) is 14.8. The second-order valence-electron chi connectivity index (χ2n) is 18.6. The number of aliphatic hydroxyl groups is 1. The average Bonchev–Trinajstić information content (AvgIpc) is 3.89. The Labute approximate surface area is 277 Å². The minimum absolute atomic E-state index is 0.00317. The lowest BCUT2D eigenvalue weighted by molar-refractivity contribution is -0.248. The molecule has 0 aromatic heterocycles. The molecule has 0 radical (unpaired) electrons. The topological polar surface area (TPSA) is 102 Å². The summed E-state index contributed by atoms with van der Waals surface area (Å²) >= 11 is 0. The van der Waals surface area contributed by atoms with Crippen molar-refractivity contribution >= 4 is 15.7 Å². The number of ether oxygens (including phenoxy) is 3. The summed E-state index contributed by atoms with van der Waals surface area (Å²) < 4.78 is 44.0. The maximum Gasteiger partial charge on any atom is 0.223 e. The molecule has 8 aliphatic rings. The molecule has 9 heteroatoms. The van der Waals surface area contributed by atoms with Crippen molar-refractivity contribution in [2.45, 2.75) is 136 Å². The van der Waals surface area contributed by atoms with Gasteiger partial charge in [0.15, 0.2) is 6.29 Å². The van der Waals surface area contributed by atoms with E-state index in [1.54, 1.807) is 0 Å². The van der Waals surface area contributed by atoms with Crippen LogP contribution in [0.25, 0.3) is 0 Å². The molecule has 8 fully saturated rings. The second-order valence-corrected chi connectivity index (χ2v) is 20.8. The molecule has 2 heterocycles. The number of hydrogen-bond acceptors (Lipinski definition) is 7. The second kappa shape index (κ2) is 10.4. The number of sulfone groups is 1. The van der Waals surface area contributed by atoms with Gasteiger partial charge in [0.2, 0.25) is 5.91 Å². The van der Waals surface area contributed by atoms with Crippen LogP contribution in [0.2, 0.25) is 0 Å². The molecule has 0 aromatic rings. The molecule has 8 nitrogen and oxygen atoms in total. The highest BCUT2D eigenvalue weighted by Crippen LogP contribution is 2.89. The first-order valence-corrected chi connectivity index (χ1v) is 20.7. The molecular weight excluding hydrogens is 602 g/mol. The van der Waals surface area contributed by atoms with Gasteiger partial charge < -0.3 is 24.2 Å². The number of morpholine rings is 1. The lowest BCUT2D eigenvalue weighted by Gasteiger charge is -2.64. The Morgan fingerprint density at radius 3 is 2.43 bits per heavy atom. The van der Waals surface area contributed by atoms with Crippen molar-refractivity contribution in [3.8, 4) is 0 Å². The SMILES string of the molecule is C[C@@H]1C[C@H](CS(C)(=O)=O)O[C@H]2[C@H]1[C@@]1(C)CCC34C[C@@]35CC[C@H](O[C@H]3CN(C(=O)CC6CC6)CCO3)C(C)(C)C5CC[C@H]4[C@]1(C)[C@H]2O. The Balaban J connectivity index is 1.01. The van der Waals surface area contributed by atoms with E-state index in [1.165, 1.54) is 38.4 Å². The quantitative estimate of drug-likeness (QED) is 0.417. The van der Waals surface area contributed by atoms with Crippen LogP contribution in [0.1, 0.15) is 105 Å². The Morgan fingerprint density at radius 2 is 1.72 bits per heavy atom. The third kappa shape index (κ3) is 4.48. The van der Waals surface area contributed by atoms with Crippen molar-refractivity contribution < 1.29 is 32.5 Å². The third-order valence-corrected chi connectivity index (χ3v) is 17.1. The molecule has 13 atom stereocenters. The van der Waals surface area contributed by atoms with Gasteiger partial charge in [0, 0.05) is 24.6 Å². The standard InChI is InChI=1S/C37H59NO7S/c1-22-17-24(20-46(6,41)42)44-31-30(22)34(4)13-14-37-21-36(37)12-11-27(33(2,3)25(36)9-10-26(37)35(34,5)32(31)40)45-29-19-38(15-16-43-29)28(39)18-23-7-8-23/h22-27,29-32,40H,7-21H2,1-6H3/t22-,24-,25?,26+,27+,29+,30+,31+,32+,34-,35-,36-,37?/m1/s1. The van der Waals surface area contributed by atoms with Crippen LogP contribution in [0.15, 0.2) is 0 Å². The number of hydrogen-bond donors (Lipinski definition) is 1. The van der Waals surface area contributed by atoms with Crippen LogP contribution in [0.5, 0.6) is 0 Å². The van der Waals surface area contributed by atoms with Crippen LogP contribution in [-0.4, -0.2) is 86.7 Å². The average molecular weight is 662 g/mol. The maximum absolute atomic E-state index is 12.9. The van der Waals surface area contributed by atoms with Gasteiger partial charge in [-0.15, -0.1) is 0 Å². The Morgan fingerprint density at radius 1 is 1.00 bits per heavy atom. The van der Waals surface area contributed by atoms with E-state index in [0.717, 1.165) is 32.1 Å². The van der Waals surface area contributed by atoms with Crippen molar-refractivity contribution in [3.63, 3.8) is 0 Å². The van der Waals surface area contributed by atoms with Gasteiger partial charge in [-0.3, -0.25) is 4.79 Å². The Kier molecular flexibility index (Phi) is 7.34. The van der Waals surface area contributed by atoms with Crippen LogP contribution >= 0.6 is 0 Å². The number of fused-ring (bicyclic) bond motifs is 4. The molecule has 2 unspecified atom stereocenters. The minimum atomic E-state index is -3.16. The minimum Gasteiger partial charge on any atom is -0.390 e. The number of carbonyl (C=O) groups is 1. The molecule has 46 heavy (non-hydrogen) atoms. The van der Waals surface area contributed by atoms with Gasteiger partial charge >= 0.3 is 0 Å². The summed E-state index contributed by atoms with van der Waals surface area (Å²) in [6.45, 7) is 13.7. The van der Waals surface area contributed by atoms with Gasteiger partial charge in [-0.25, -0.2) is 8.42 Å². The zero-order valence-corrected chi connectivity index (χ0v) is 29.9. The van der Waals surface area contributed by atoms with E-state index in [4.69, 9.17) is 14.2 Å². The molecule has 1 N–H and O–H groups in total. The normalized spacial score (nSPS) is 52.5. The molecular formula is C37H59NO7S. The summed E-state index contributed by atoms with van der Waals surface area (Å²) in [7, 11) is -3.16. The first-order chi connectivity index (χ1) is 21.6. The zero-order valence-electron chi connectivity index (χ0n) is 29.1. The fourth-order valence-corrected chi connectivity index (χ4v) is 14.8. The van der Waals surface area contributed by atoms with Gasteiger partial charge in [-0.2, -0.15) is 0 Å². The lowest BCUT2D eigenvalue weighted by atomic mass is 9.41. The Bertz CT molecular complexity index is 1360. The van der Waals surface area contributed by atoms with Crippen molar-refractivity contribution in [1.82, 2.24) is 4.90 Å². The fourth-order valence-electron chi connectivity index (χ4n) is 13.9. The lowest BCUT2D eigenvalue weighted by Crippen LogP contribution is -2.60. The number of amides is 1. The zero-order chi connectivity index (χ0) is 32.7. The van der Waals surface area contributed by atoms with E-state index < -0.39 is 15.9 Å². The van der Waals surface area contributed by atoms with Crippen LogP contribution in [0.3, 0.4) is 0 Å². The number of rotatable bonds is 6. The first-order valence-electron chi connectivity index (χ1n) is 18.6. The summed E-state index contributed by atoms with van der Waals surface area (Å²) in [6.07, 6.45) is 11.7. The molecule has 6 saturated carbocycles. The smallest absolute Gasteiger partial charge is 0.223 e. The molecule has 2 saturated heterocycles. The number of carbonyl (C=O) groups excluding carboxylic acids is 1. The van der Waals surface area contributed by atoms with Gasteiger partial charge in [0.05, 0.1) is 43.3 Å². The van der Waals surface area contributed by atoms with E-state index in [9.17, 15) is 18.3 Å². The third-order valence-electron chi connectivity index (χ3n) is 16.2.